The molecular formula is C9H10ClFN2. The van der Waals surface area contributed by atoms with E-state index in [4.69, 9.17) is 11.6 Å². The fourth-order valence-corrected chi connectivity index (χ4v) is 1.38. The highest BCUT2D eigenvalue weighted by molar-refractivity contribution is 6.30. The van der Waals surface area contributed by atoms with Gasteiger partial charge in [0.1, 0.15) is 5.82 Å². The Labute approximate surface area is 81.1 Å². The van der Waals surface area contributed by atoms with Crippen molar-refractivity contribution in [2.75, 3.05) is 18.4 Å². The second-order valence-electron chi connectivity index (χ2n) is 3.12. The summed E-state index contributed by atoms with van der Waals surface area (Å²) in [5.41, 5.74) is 0.524. The monoisotopic (exact) mass is 200 g/mol. The van der Waals surface area contributed by atoms with E-state index < -0.39 is 0 Å². The molecule has 0 bridgehead atoms. The Balaban J connectivity index is 2.10. The van der Waals surface area contributed by atoms with Crippen LogP contribution in [-0.4, -0.2) is 19.1 Å². The first-order chi connectivity index (χ1) is 6.25. The van der Waals surface area contributed by atoms with Crippen LogP contribution in [-0.2, 0) is 0 Å². The highest BCUT2D eigenvalue weighted by atomic mass is 35.5. The van der Waals surface area contributed by atoms with Gasteiger partial charge in [0.25, 0.3) is 0 Å². The highest BCUT2D eigenvalue weighted by Crippen LogP contribution is 2.19. The molecule has 1 saturated heterocycles. The number of hydrogen-bond acceptors (Lipinski definition) is 2. The summed E-state index contributed by atoms with van der Waals surface area (Å²) in [6.45, 7) is 1.78. The minimum atomic E-state index is -0.292. The van der Waals surface area contributed by atoms with Gasteiger partial charge in [-0.15, -0.1) is 0 Å². The number of benzene rings is 1. The van der Waals surface area contributed by atoms with Crippen molar-refractivity contribution in [1.82, 2.24) is 5.32 Å². The normalized spacial score (nSPS) is 16.8. The lowest BCUT2D eigenvalue weighted by atomic mass is 10.1. The summed E-state index contributed by atoms with van der Waals surface area (Å²) >= 11 is 5.62. The molecule has 0 spiro atoms. The van der Waals surface area contributed by atoms with Gasteiger partial charge in [0.05, 0.1) is 11.7 Å². The highest BCUT2D eigenvalue weighted by Gasteiger charge is 2.17. The van der Waals surface area contributed by atoms with E-state index in [1.807, 2.05) is 0 Å². The standard InChI is InChI=1S/C9H10ClFN2/c10-6-1-2-9(8(11)3-6)13-7-4-12-5-7/h1-3,7,12-13H,4-5H2. The third kappa shape index (κ3) is 1.92. The van der Waals surface area contributed by atoms with E-state index in [0.29, 0.717) is 16.8 Å². The van der Waals surface area contributed by atoms with Gasteiger partial charge in [0.15, 0.2) is 0 Å². The second-order valence-corrected chi connectivity index (χ2v) is 3.56. The summed E-state index contributed by atoms with van der Waals surface area (Å²) in [5.74, 6) is -0.292. The molecule has 2 N–H and O–H groups in total. The number of rotatable bonds is 2. The summed E-state index contributed by atoms with van der Waals surface area (Å²) in [4.78, 5) is 0. The van der Waals surface area contributed by atoms with Gasteiger partial charge in [-0.25, -0.2) is 4.39 Å². The Morgan fingerprint density at radius 3 is 2.77 bits per heavy atom. The molecule has 0 radical (unpaired) electrons. The summed E-state index contributed by atoms with van der Waals surface area (Å²) in [6, 6.07) is 5.00. The SMILES string of the molecule is Fc1cc(Cl)ccc1NC1CNC1. The molecule has 0 aliphatic carbocycles. The van der Waals surface area contributed by atoms with Gasteiger partial charge in [-0.3, -0.25) is 0 Å². The quantitative estimate of drug-likeness (QED) is 0.762. The van der Waals surface area contributed by atoms with Crippen molar-refractivity contribution in [3.63, 3.8) is 0 Å². The number of anilines is 1. The Morgan fingerprint density at radius 1 is 1.46 bits per heavy atom. The van der Waals surface area contributed by atoms with Crippen molar-refractivity contribution in [3.8, 4) is 0 Å². The third-order valence-corrected chi connectivity index (χ3v) is 2.31. The molecule has 1 aromatic rings. The van der Waals surface area contributed by atoms with Gasteiger partial charge in [0.2, 0.25) is 0 Å². The average molecular weight is 201 g/mol. The van der Waals surface area contributed by atoms with E-state index in [0.717, 1.165) is 13.1 Å². The molecule has 0 saturated carbocycles. The molecule has 0 aromatic heterocycles. The maximum absolute atomic E-state index is 13.2. The molecular weight excluding hydrogens is 191 g/mol. The zero-order valence-corrected chi connectivity index (χ0v) is 7.74. The van der Waals surface area contributed by atoms with E-state index in [9.17, 15) is 4.39 Å². The first-order valence-corrected chi connectivity index (χ1v) is 4.56. The fourth-order valence-electron chi connectivity index (χ4n) is 1.22. The number of nitrogens with one attached hydrogen (secondary N) is 2. The lowest BCUT2D eigenvalue weighted by Gasteiger charge is -2.29. The molecule has 1 heterocycles. The predicted octanol–water partition coefficient (Wildman–Crippen LogP) is 1.86. The Hall–Kier alpha value is -0.800. The minimum absolute atomic E-state index is 0.292. The molecule has 70 valence electrons. The minimum Gasteiger partial charge on any atom is -0.377 e. The Bertz CT molecular complexity index is 312. The number of hydrogen-bond donors (Lipinski definition) is 2. The zero-order chi connectivity index (χ0) is 9.26. The molecule has 1 fully saturated rings. The lowest BCUT2D eigenvalue weighted by molar-refractivity contribution is 0.469. The van der Waals surface area contributed by atoms with Gasteiger partial charge >= 0.3 is 0 Å². The van der Waals surface area contributed by atoms with E-state index >= 15 is 0 Å². The predicted molar refractivity (Wildman–Crippen MR) is 51.7 cm³/mol. The van der Waals surface area contributed by atoms with Crippen LogP contribution < -0.4 is 10.6 Å². The molecule has 4 heteroatoms. The Morgan fingerprint density at radius 2 is 2.23 bits per heavy atom. The molecule has 1 aliphatic rings. The Kier molecular flexibility index (Phi) is 2.38. The van der Waals surface area contributed by atoms with E-state index in [1.54, 1.807) is 12.1 Å². The van der Waals surface area contributed by atoms with Crippen molar-refractivity contribution in [2.45, 2.75) is 6.04 Å². The van der Waals surface area contributed by atoms with Crippen LogP contribution in [0.3, 0.4) is 0 Å². The van der Waals surface area contributed by atoms with Crippen molar-refractivity contribution < 1.29 is 4.39 Å². The summed E-state index contributed by atoms with van der Waals surface area (Å²) in [6.07, 6.45) is 0. The van der Waals surface area contributed by atoms with Crippen molar-refractivity contribution in [2.24, 2.45) is 0 Å². The van der Waals surface area contributed by atoms with Crippen molar-refractivity contribution in [3.05, 3.63) is 29.0 Å². The largest absolute Gasteiger partial charge is 0.377 e. The topological polar surface area (TPSA) is 24.1 Å². The van der Waals surface area contributed by atoms with Crippen LogP contribution in [0.15, 0.2) is 18.2 Å². The van der Waals surface area contributed by atoms with Crippen molar-refractivity contribution in [1.29, 1.82) is 0 Å². The maximum Gasteiger partial charge on any atom is 0.147 e. The molecule has 2 nitrogen and oxygen atoms in total. The average Bonchev–Trinajstić information content (AvgIpc) is 1.99. The smallest absolute Gasteiger partial charge is 0.147 e. The van der Waals surface area contributed by atoms with Gasteiger partial charge < -0.3 is 10.6 Å². The lowest BCUT2D eigenvalue weighted by Crippen LogP contribution is -2.51. The van der Waals surface area contributed by atoms with E-state index in [1.165, 1.54) is 6.07 Å². The van der Waals surface area contributed by atoms with Crippen LogP contribution in [0.25, 0.3) is 0 Å². The maximum atomic E-state index is 13.2. The van der Waals surface area contributed by atoms with Crippen LogP contribution in [0, 0.1) is 5.82 Å². The van der Waals surface area contributed by atoms with Crippen LogP contribution >= 0.6 is 11.6 Å². The molecule has 0 amide bonds. The zero-order valence-electron chi connectivity index (χ0n) is 6.98. The van der Waals surface area contributed by atoms with Crippen LogP contribution in [0.5, 0.6) is 0 Å². The molecule has 0 atom stereocenters. The van der Waals surface area contributed by atoms with Gasteiger partial charge in [-0.05, 0) is 18.2 Å². The fraction of sp³-hybridized carbons (Fsp3) is 0.333. The molecule has 2 rings (SSSR count). The molecule has 1 aromatic carbocycles. The first-order valence-electron chi connectivity index (χ1n) is 4.18. The first kappa shape index (κ1) is 8.78. The molecule has 13 heavy (non-hydrogen) atoms. The summed E-state index contributed by atoms with van der Waals surface area (Å²) in [5, 5.41) is 6.60. The van der Waals surface area contributed by atoms with Crippen LogP contribution in [0.2, 0.25) is 5.02 Å². The number of halogens is 2. The van der Waals surface area contributed by atoms with Crippen LogP contribution in [0.4, 0.5) is 10.1 Å². The van der Waals surface area contributed by atoms with Gasteiger partial charge in [-0.2, -0.15) is 0 Å². The molecule has 1 aliphatic heterocycles. The second kappa shape index (κ2) is 3.52. The van der Waals surface area contributed by atoms with E-state index in [2.05, 4.69) is 10.6 Å². The molecule has 0 unspecified atom stereocenters. The summed E-state index contributed by atoms with van der Waals surface area (Å²) in [7, 11) is 0. The van der Waals surface area contributed by atoms with E-state index in [-0.39, 0.29) is 5.82 Å². The summed E-state index contributed by atoms with van der Waals surface area (Å²) < 4.78 is 13.2. The van der Waals surface area contributed by atoms with Gasteiger partial charge in [0, 0.05) is 18.1 Å². The van der Waals surface area contributed by atoms with Crippen molar-refractivity contribution >= 4 is 17.3 Å². The third-order valence-electron chi connectivity index (χ3n) is 2.07. The van der Waals surface area contributed by atoms with Crippen LogP contribution in [0.1, 0.15) is 0 Å². The van der Waals surface area contributed by atoms with Gasteiger partial charge in [-0.1, -0.05) is 11.6 Å².